The Morgan fingerprint density at radius 1 is 1.00 bits per heavy atom. The van der Waals surface area contributed by atoms with Gasteiger partial charge in [-0.15, -0.1) is 0 Å². The Morgan fingerprint density at radius 2 is 1.78 bits per heavy atom. The highest BCUT2D eigenvalue weighted by molar-refractivity contribution is 5.55. The second-order valence-electron chi connectivity index (χ2n) is 5.63. The van der Waals surface area contributed by atoms with Crippen molar-refractivity contribution >= 4 is 0 Å². The fraction of sp³-hybridized carbons (Fsp3) is 0.294. The van der Waals surface area contributed by atoms with Crippen LogP contribution in [0.3, 0.4) is 0 Å². The van der Waals surface area contributed by atoms with Crippen molar-refractivity contribution in [2.75, 3.05) is 0 Å². The summed E-state index contributed by atoms with van der Waals surface area (Å²) in [5.41, 5.74) is 5.51. The number of aliphatic hydroxyl groups is 1. The smallest absolute Gasteiger partial charge is 0.119 e. The van der Waals surface area contributed by atoms with Crippen LogP contribution >= 0.6 is 0 Å². The average Bonchev–Trinajstić information content (AvgIpc) is 2.81. The summed E-state index contributed by atoms with van der Waals surface area (Å²) in [7, 11) is 0. The lowest BCUT2D eigenvalue weighted by Crippen LogP contribution is -2.28. The van der Waals surface area contributed by atoms with E-state index in [1.807, 2.05) is 6.07 Å². The molecule has 4 rings (SSSR count). The maximum atomic E-state index is 11.3. The van der Waals surface area contributed by atoms with E-state index in [-0.39, 0.29) is 0 Å². The van der Waals surface area contributed by atoms with E-state index in [2.05, 4.69) is 43.3 Å². The van der Waals surface area contributed by atoms with Crippen molar-refractivity contribution in [3.05, 3.63) is 70.3 Å². The Kier molecular flexibility index (Phi) is 1.86. The van der Waals surface area contributed by atoms with Crippen LogP contribution in [0, 0.1) is 12.8 Å². The highest BCUT2D eigenvalue weighted by Crippen LogP contribution is 2.53. The van der Waals surface area contributed by atoms with Crippen LogP contribution in [0.4, 0.5) is 0 Å². The summed E-state index contributed by atoms with van der Waals surface area (Å²) in [5, 5.41) is 11.3. The summed E-state index contributed by atoms with van der Waals surface area (Å²) in [4.78, 5) is 0. The molecule has 1 heteroatoms. The second-order valence-corrected chi connectivity index (χ2v) is 5.63. The number of aryl methyl sites for hydroxylation is 1. The zero-order valence-corrected chi connectivity index (χ0v) is 10.5. The molecule has 0 amide bonds. The van der Waals surface area contributed by atoms with E-state index in [0.29, 0.717) is 5.92 Å². The molecule has 2 unspecified atom stereocenters. The van der Waals surface area contributed by atoms with E-state index in [1.54, 1.807) is 0 Å². The van der Waals surface area contributed by atoms with E-state index < -0.39 is 5.60 Å². The average molecular weight is 236 g/mol. The molecular weight excluding hydrogens is 220 g/mol. The van der Waals surface area contributed by atoms with Gasteiger partial charge in [0.05, 0.1) is 0 Å². The molecule has 0 aromatic heterocycles. The maximum Gasteiger partial charge on any atom is 0.119 e. The third-order valence-electron chi connectivity index (χ3n) is 4.76. The summed E-state index contributed by atoms with van der Waals surface area (Å²) in [5.74, 6) is 0.325. The van der Waals surface area contributed by atoms with E-state index in [4.69, 9.17) is 0 Å². The SMILES string of the molecule is Cc1cccc2c1CC1Cc3ccccc3C21O. The minimum Gasteiger partial charge on any atom is -0.380 e. The lowest BCUT2D eigenvalue weighted by molar-refractivity contribution is 0.0442. The van der Waals surface area contributed by atoms with E-state index in [9.17, 15) is 5.11 Å². The third-order valence-corrected chi connectivity index (χ3v) is 4.76. The molecule has 0 spiro atoms. The lowest BCUT2D eigenvalue weighted by Gasteiger charge is -2.25. The van der Waals surface area contributed by atoms with Crippen molar-refractivity contribution in [3.63, 3.8) is 0 Å². The van der Waals surface area contributed by atoms with Gasteiger partial charge in [-0.3, -0.25) is 0 Å². The second kappa shape index (κ2) is 3.24. The van der Waals surface area contributed by atoms with Gasteiger partial charge in [0, 0.05) is 5.92 Å². The number of hydrogen-bond acceptors (Lipinski definition) is 1. The quantitative estimate of drug-likeness (QED) is 0.745. The van der Waals surface area contributed by atoms with Crippen molar-refractivity contribution in [1.29, 1.82) is 0 Å². The van der Waals surface area contributed by atoms with Gasteiger partial charge in [0.25, 0.3) is 0 Å². The summed E-state index contributed by atoms with van der Waals surface area (Å²) < 4.78 is 0. The predicted molar refractivity (Wildman–Crippen MR) is 71.5 cm³/mol. The zero-order valence-electron chi connectivity index (χ0n) is 10.5. The largest absolute Gasteiger partial charge is 0.380 e. The highest BCUT2D eigenvalue weighted by atomic mass is 16.3. The molecule has 1 nitrogen and oxygen atoms in total. The Morgan fingerprint density at radius 3 is 2.67 bits per heavy atom. The van der Waals surface area contributed by atoms with Crippen LogP contribution in [0.5, 0.6) is 0 Å². The lowest BCUT2D eigenvalue weighted by atomic mass is 9.86. The molecule has 1 N–H and O–H groups in total. The normalized spacial score (nSPS) is 27.8. The van der Waals surface area contributed by atoms with Crippen LogP contribution in [0.15, 0.2) is 42.5 Å². The molecule has 2 aromatic rings. The van der Waals surface area contributed by atoms with Crippen LogP contribution in [-0.2, 0) is 18.4 Å². The molecule has 0 saturated heterocycles. The molecule has 18 heavy (non-hydrogen) atoms. The minimum absolute atomic E-state index is 0.325. The van der Waals surface area contributed by atoms with Gasteiger partial charge in [0.15, 0.2) is 0 Å². The standard InChI is InChI=1S/C17H16O/c1-11-5-4-8-16-14(11)10-13-9-12-6-2-3-7-15(12)17(13,16)18/h2-8,13,18H,9-10H2,1H3. The van der Waals surface area contributed by atoms with Crippen molar-refractivity contribution in [2.24, 2.45) is 5.92 Å². The van der Waals surface area contributed by atoms with Crippen molar-refractivity contribution in [1.82, 2.24) is 0 Å². The molecule has 0 aliphatic heterocycles. The maximum absolute atomic E-state index is 11.3. The number of fused-ring (bicyclic) bond motifs is 5. The zero-order chi connectivity index (χ0) is 12.3. The Hall–Kier alpha value is -1.60. The number of rotatable bonds is 0. The molecule has 0 saturated carbocycles. The summed E-state index contributed by atoms with van der Waals surface area (Å²) in [6.45, 7) is 2.15. The Labute approximate surface area is 107 Å². The first-order chi connectivity index (χ1) is 8.71. The van der Waals surface area contributed by atoms with Crippen LogP contribution in [-0.4, -0.2) is 5.11 Å². The Balaban J connectivity index is 2.02. The first-order valence-corrected chi connectivity index (χ1v) is 6.61. The fourth-order valence-corrected chi connectivity index (χ4v) is 3.86. The third kappa shape index (κ3) is 1.06. The number of hydrogen-bond donors (Lipinski definition) is 1. The monoisotopic (exact) mass is 236 g/mol. The van der Waals surface area contributed by atoms with Crippen LogP contribution in [0.25, 0.3) is 0 Å². The van der Waals surface area contributed by atoms with E-state index in [1.165, 1.54) is 16.7 Å². The van der Waals surface area contributed by atoms with E-state index in [0.717, 1.165) is 24.0 Å². The van der Waals surface area contributed by atoms with Gasteiger partial charge in [0.2, 0.25) is 0 Å². The van der Waals surface area contributed by atoms with Gasteiger partial charge in [-0.2, -0.15) is 0 Å². The first kappa shape index (κ1) is 10.3. The minimum atomic E-state index is -0.738. The molecule has 2 aliphatic carbocycles. The van der Waals surface area contributed by atoms with Crippen molar-refractivity contribution < 1.29 is 5.11 Å². The van der Waals surface area contributed by atoms with E-state index >= 15 is 0 Å². The van der Waals surface area contributed by atoms with Gasteiger partial charge in [-0.1, -0.05) is 42.5 Å². The van der Waals surface area contributed by atoms with Crippen molar-refractivity contribution in [2.45, 2.75) is 25.4 Å². The van der Waals surface area contributed by atoms with Crippen molar-refractivity contribution in [3.8, 4) is 0 Å². The van der Waals surface area contributed by atoms with Crippen LogP contribution < -0.4 is 0 Å². The summed E-state index contributed by atoms with van der Waals surface area (Å²) in [6, 6.07) is 14.7. The molecule has 90 valence electrons. The molecular formula is C17H16O. The van der Waals surface area contributed by atoms with Gasteiger partial charge >= 0.3 is 0 Å². The van der Waals surface area contributed by atoms with Crippen LogP contribution in [0.1, 0.15) is 27.8 Å². The predicted octanol–water partition coefficient (Wildman–Crippen LogP) is 2.96. The topological polar surface area (TPSA) is 20.2 Å². The Bertz CT molecular complexity index is 644. The number of benzene rings is 2. The first-order valence-electron chi connectivity index (χ1n) is 6.61. The molecule has 2 atom stereocenters. The highest BCUT2D eigenvalue weighted by Gasteiger charge is 2.51. The molecule has 0 radical (unpaired) electrons. The molecule has 2 aliphatic rings. The molecule has 2 aromatic carbocycles. The molecule has 0 fully saturated rings. The fourth-order valence-electron chi connectivity index (χ4n) is 3.86. The molecule has 0 heterocycles. The van der Waals surface area contributed by atoms with Gasteiger partial charge in [-0.05, 0) is 47.6 Å². The van der Waals surface area contributed by atoms with Crippen LogP contribution in [0.2, 0.25) is 0 Å². The summed E-state index contributed by atoms with van der Waals surface area (Å²) in [6.07, 6.45) is 2.01. The molecule has 0 bridgehead atoms. The van der Waals surface area contributed by atoms with Gasteiger partial charge < -0.3 is 5.11 Å². The summed E-state index contributed by atoms with van der Waals surface area (Å²) >= 11 is 0. The van der Waals surface area contributed by atoms with Gasteiger partial charge in [-0.25, -0.2) is 0 Å². The van der Waals surface area contributed by atoms with Gasteiger partial charge in [0.1, 0.15) is 5.60 Å².